The predicted molar refractivity (Wildman–Crippen MR) is 85.9 cm³/mol. The number of ether oxygens (including phenoxy) is 1. The summed E-state index contributed by atoms with van der Waals surface area (Å²) >= 11 is 0. The van der Waals surface area contributed by atoms with Crippen molar-refractivity contribution in [1.29, 1.82) is 0 Å². The first-order valence-corrected chi connectivity index (χ1v) is 7.11. The lowest BCUT2D eigenvalue weighted by molar-refractivity contribution is 0.132. The van der Waals surface area contributed by atoms with Crippen molar-refractivity contribution >= 4 is 12.2 Å². The number of hydrogen-bond acceptors (Lipinski definition) is 3. The van der Waals surface area contributed by atoms with Crippen LogP contribution in [0.2, 0.25) is 0 Å². The van der Waals surface area contributed by atoms with Crippen molar-refractivity contribution in [3.05, 3.63) is 69.9 Å². The van der Waals surface area contributed by atoms with Gasteiger partial charge in [-0.25, -0.2) is 4.39 Å². The zero-order valence-corrected chi connectivity index (χ0v) is 12.2. The molecular weight excluding hydrogens is 283 g/mol. The van der Waals surface area contributed by atoms with Crippen LogP contribution in [0.5, 0.6) is 0 Å². The molecule has 0 saturated carbocycles. The van der Waals surface area contributed by atoms with Crippen molar-refractivity contribution in [3.8, 4) is 0 Å². The van der Waals surface area contributed by atoms with Crippen molar-refractivity contribution in [2.24, 2.45) is 5.73 Å². The molecule has 1 heterocycles. The summed E-state index contributed by atoms with van der Waals surface area (Å²) in [6.45, 7) is 1.93. The molecule has 0 aliphatic carbocycles. The predicted octanol–water partition coefficient (Wildman–Crippen LogP) is 2.13. The molecule has 0 fully saturated rings. The van der Waals surface area contributed by atoms with E-state index in [4.69, 9.17) is 10.5 Å². The number of nitrogens with zero attached hydrogens (tertiary/aromatic N) is 1. The lowest BCUT2D eigenvalue weighted by atomic mass is 10.1. The molecule has 5 heteroatoms. The van der Waals surface area contributed by atoms with Crippen LogP contribution >= 0.6 is 0 Å². The van der Waals surface area contributed by atoms with Gasteiger partial charge < -0.3 is 15.0 Å². The van der Waals surface area contributed by atoms with Gasteiger partial charge in [-0.05, 0) is 29.3 Å². The van der Waals surface area contributed by atoms with E-state index < -0.39 is 0 Å². The van der Waals surface area contributed by atoms with Crippen LogP contribution in [0.15, 0.2) is 47.4 Å². The third kappa shape index (κ3) is 4.95. The van der Waals surface area contributed by atoms with Gasteiger partial charge in [-0.15, -0.1) is 0 Å². The van der Waals surface area contributed by atoms with Gasteiger partial charge in [0.2, 0.25) is 0 Å². The summed E-state index contributed by atoms with van der Waals surface area (Å²) in [4.78, 5) is 12.0. The topological polar surface area (TPSA) is 57.2 Å². The van der Waals surface area contributed by atoms with Crippen LogP contribution in [0, 0.1) is 5.82 Å². The summed E-state index contributed by atoms with van der Waals surface area (Å²) < 4.78 is 19.7. The van der Waals surface area contributed by atoms with E-state index >= 15 is 0 Å². The molecule has 0 radical (unpaired) electrons. The van der Waals surface area contributed by atoms with E-state index in [-0.39, 0.29) is 11.4 Å². The molecule has 1 aromatic carbocycles. The summed E-state index contributed by atoms with van der Waals surface area (Å²) in [6, 6.07) is 9.58. The maximum atomic E-state index is 12.8. The van der Waals surface area contributed by atoms with E-state index in [0.29, 0.717) is 26.3 Å². The smallest absolute Gasteiger partial charge is 0.251 e. The van der Waals surface area contributed by atoms with Gasteiger partial charge in [-0.2, -0.15) is 0 Å². The molecule has 2 N–H and O–H groups in total. The number of aromatic nitrogens is 1. The summed E-state index contributed by atoms with van der Waals surface area (Å²) in [5.41, 5.74) is 6.92. The Hall–Kier alpha value is -2.24. The van der Waals surface area contributed by atoms with E-state index in [1.54, 1.807) is 29.0 Å². The second kappa shape index (κ2) is 8.26. The van der Waals surface area contributed by atoms with Gasteiger partial charge in [0.25, 0.3) is 5.56 Å². The fourth-order valence-electron chi connectivity index (χ4n) is 1.93. The Balaban J connectivity index is 1.99. The second-order valence-electron chi connectivity index (χ2n) is 4.78. The second-order valence-corrected chi connectivity index (χ2v) is 4.78. The Morgan fingerprint density at radius 2 is 1.82 bits per heavy atom. The normalized spacial score (nSPS) is 11.2. The van der Waals surface area contributed by atoms with Crippen LogP contribution in [0.4, 0.5) is 4.39 Å². The van der Waals surface area contributed by atoms with Crippen LogP contribution in [0.1, 0.15) is 11.1 Å². The van der Waals surface area contributed by atoms with Gasteiger partial charge in [-0.1, -0.05) is 24.3 Å². The number of pyridine rings is 1. The van der Waals surface area contributed by atoms with Gasteiger partial charge in [0, 0.05) is 25.4 Å². The Kier molecular flexibility index (Phi) is 6.06. The van der Waals surface area contributed by atoms with Gasteiger partial charge in [-0.3, -0.25) is 4.79 Å². The van der Waals surface area contributed by atoms with Crippen molar-refractivity contribution in [3.63, 3.8) is 0 Å². The Morgan fingerprint density at radius 1 is 1.09 bits per heavy atom. The zero-order chi connectivity index (χ0) is 15.8. The van der Waals surface area contributed by atoms with E-state index in [9.17, 15) is 9.18 Å². The molecule has 2 aromatic rings. The molecule has 4 nitrogen and oxygen atoms in total. The first-order chi connectivity index (χ1) is 10.7. The van der Waals surface area contributed by atoms with Crippen LogP contribution in [0.3, 0.4) is 0 Å². The maximum Gasteiger partial charge on any atom is 0.251 e. The fraction of sp³-hybridized carbons (Fsp3) is 0.235. The summed E-state index contributed by atoms with van der Waals surface area (Å²) in [7, 11) is 0. The highest BCUT2D eigenvalue weighted by Crippen LogP contribution is 2.08. The van der Waals surface area contributed by atoms with Crippen LogP contribution in [-0.4, -0.2) is 24.3 Å². The maximum absolute atomic E-state index is 12.8. The fourth-order valence-corrected chi connectivity index (χ4v) is 1.93. The molecule has 0 unspecified atom stereocenters. The molecule has 0 aliphatic heterocycles. The minimum atomic E-state index is -0.267. The quantitative estimate of drug-likeness (QED) is 0.797. The third-order valence-electron chi connectivity index (χ3n) is 3.10. The van der Waals surface area contributed by atoms with Crippen LogP contribution in [-0.2, 0) is 11.3 Å². The summed E-state index contributed by atoms with van der Waals surface area (Å²) in [5.74, 6) is -0.267. The molecule has 0 amide bonds. The number of nitrogens with two attached hydrogens (primary N) is 1. The van der Waals surface area contributed by atoms with Gasteiger partial charge >= 0.3 is 0 Å². The van der Waals surface area contributed by atoms with Gasteiger partial charge in [0.1, 0.15) is 5.82 Å². The molecule has 116 valence electrons. The average Bonchev–Trinajstić information content (AvgIpc) is 2.52. The summed E-state index contributed by atoms with van der Waals surface area (Å²) in [5, 5.41) is 0. The highest BCUT2D eigenvalue weighted by atomic mass is 19.1. The van der Waals surface area contributed by atoms with E-state index in [0.717, 1.165) is 11.1 Å². The molecule has 0 saturated heterocycles. The standard InChI is InChI=1S/C17H19FN2O2/c18-16-5-3-14(4-6-16)1-2-15-7-9-20(17(21)13-15)10-12-22-11-8-19/h1-7,9,13H,8,10-12,19H2/b2-1+. The third-order valence-corrected chi connectivity index (χ3v) is 3.10. The average molecular weight is 302 g/mol. The zero-order valence-electron chi connectivity index (χ0n) is 12.2. The van der Waals surface area contributed by atoms with Crippen molar-refractivity contribution in [2.45, 2.75) is 6.54 Å². The SMILES string of the molecule is NCCOCCn1ccc(/C=C/c2ccc(F)cc2)cc1=O. The molecular formula is C17H19FN2O2. The first kappa shape index (κ1) is 16.1. The monoisotopic (exact) mass is 302 g/mol. The number of hydrogen-bond donors (Lipinski definition) is 1. The van der Waals surface area contributed by atoms with Crippen molar-refractivity contribution in [1.82, 2.24) is 4.57 Å². The molecule has 2 rings (SSSR count). The minimum Gasteiger partial charge on any atom is -0.378 e. The van der Waals surface area contributed by atoms with E-state index in [1.807, 2.05) is 18.2 Å². The minimum absolute atomic E-state index is 0.0856. The molecule has 1 aromatic heterocycles. The number of benzene rings is 1. The molecule has 0 bridgehead atoms. The van der Waals surface area contributed by atoms with E-state index in [1.165, 1.54) is 12.1 Å². The van der Waals surface area contributed by atoms with Crippen LogP contribution in [0.25, 0.3) is 12.2 Å². The Labute approximate surface area is 128 Å². The lowest BCUT2D eigenvalue weighted by Crippen LogP contribution is -2.22. The van der Waals surface area contributed by atoms with Crippen molar-refractivity contribution in [2.75, 3.05) is 19.8 Å². The molecule has 0 atom stereocenters. The first-order valence-electron chi connectivity index (χ1n) is 7.11. The Bertz CT molecular complexity index is 678. The highest BCUT2D eigenvalue weighted by molar-refractivity contribution is 5.69. The van der Waals surface area contributed by atoms with E-state index in [2.05, 4.69) is 0 Å². The molecule has 0 aliphatic rings. The Morgan fingerprint density at radius 3 is 2.50 bits per heavy atom. The number of halogens is 1. The highest BCUT2D eigenvalue weighted by Gasteiger charge is 1.97. The van der Waals surface area contributed by atoms with Crippen LogP contribution < -0.4 is 11.3 Å². The largest absolute Gasteiger partial charge is 0.378 e. The number of rotatable bonds is 7. The molecule has 22 heavy (non-hydrogen) atoms. The van der Waals surface area contributed by atoms with Gasteiger partial charge in [0.15, 0.2) is 0 Å². The lowest BCUT2D eigenvalue weighted by Gasteiger charge is -2.06. The summed E-state index contributed by atoms with van der Waals surface area (Å²) in [6.07, 6.45) is 5.39. The van der Waals surface area contributed by atoms with Crippen molar-refractivity contribution < 1.29 is 9.13 Å². The van der Waals surface area contributed by atoms with Gasteiger partial charge in [0.05, 0.1) is 13.2 Å². The molecule has 0 spiro atoms.